The molecule has 1 aliphatic rings. The molecule has 0 bridgehead atoms. The van der Waals surface area contributed by atoms with Crippen molar-refractivity contribution in [3.8, 4) is 0 Å². The molecule has 1 saturated heterocycles. The fourth-order valence-corrected chi connectivity index (χ4v) is 2.90. The lowest BCUT2D eigenvalue weighted by Crippen LogP contribution is -3.15. The molecule has 106 valence electrons. The van der Waals surface area contributed by atoms with Crippen LogP contribution in [0.4, 0.5) is 5.69 Å². The van der Waals surface area contributed by atoms with Crippen molar-refractivity contribution in [3.05, 3.63) is 17.7 Å². The van der Waals surface area contributed by atoms with Gasteiger partial charge in [0, 0.05) is 0 Å². The average molecular weight is 293 g/mol. The molecule has 0 saturated carbocycles. The second kappa shape index (κ2) is 5.82. The monoisotopic (exact) mass is 293 g/mol. The molecule has 0 aliphatic carbocycles. The van der Waals surface area contributed by atoms with E-state index in [-0.39, 0.29) is 5.91 Å². The summed E-state index contributed by atoms with van der Waals surface area (Å²) in [5.41, 5.74) is 3.40. The predicted molar refractivity (Wildman–Crippen MR) is 77.2 cm³/mol. The number of quaternary nitrogens is 1. The van der Waals surface area contributed by atoms with Crippen LogP contribution in [0.3, 0.4) is 0 Å². The van der Waals surface area contributed by atoms with Crippen LogP contribution in [0.25, 0.3) is 11.0 Å². The smallest absolute Gasteiger partial charge is 0.279 e. The SMILES string of the molecule is Cc1ccc2nsnc2c1NC(=O)C[NH+]1CCOCC1. The standard InChI is InChI=1S/C13H16N4O2S/c1-9-2-3-10-13(16-20-15-10)12(9)14-11(18)8-17-4-6-19-7-5-17/h2-3H,4-8H2,1H3,(H,14,18)/p+1. The van der Waals surface area contributed by atoms with Gasteiger partial charge in [-0.2, -0.15) is 8.75 Å². The summed E-state index contributed by atoms with van der Waals surface area (Å²) < 4.78 is 13.8. The van der Waals surface area contributed by atoms with Crippen molar-refractivity contribution in [2.24, 2.45) is 0 Å². The summed E-state index contributed by atoms with van der Waals surface area (Å²) in [4.78, 5) is 13.4. The van der Waals surface area contributed by atoms with Crippen molar-refractivity contribution in [1.82, 2.24) is 8.75 Å². The molecule has 3 rings (SSSR count). The quantitative estimate of drug-likeness (QED) is 0.826. The molecule has 1 aromatic carbocycles. The van der Waals surface area contributed by atoms with Gasteiger partial charge in [0.2, 0.25) is 0 Å². The zero-order valence-electron chi connectivity index (χ0n) is 11.3. The molecule has 1 aromatic heterocycles. The number of hydrogen-bond acceptors (Lipinski definition) is 5. The first-order valence-corrected chi connectivity index (χ1v) is 7.40. The number of hydrogen-bond donors (Lipinski definition) is 2. The topological polar surface area (TPSA) is 68.5 Å². The first-order valence-electron chi connectivity index (χ1n) is 6.67. The molecule has 1 amide bonds. The number of nitrogens with zero attached hydrogens (tertiary/aromatic N) is 2. The summed E-state index contributed by atoms with van der Waals surface area (Å²) in [6.45, 7) is 5.66. The first-order chi connectivity index (χ1) is 9.74. The minimum absolute atomic E-state index is 0.0190. The third kappa shape index (κ3) is 2.79. The van der Waals surface area contributed by atoms with Crippen molar-refractivity contribution >= 4 is 34.4 Å². The van der Waals surface area contributed by atoms with E-state index >= 15 is 0 Å². The largest absolute Gasteiger partial charge is 0.370 e. The number of carbonyl (C=O) groups is 1. The van der Waals surface area contributed by atoms with Gasteiger partial charge in [-0.25, -0.2) is 0 Å². The Morgan fingerprint density at radius 3 is 3.00 bits per heavy atom. The number of amides is 1. The van der Waals surface area contributed by atoms with Gasteiger partial charge in [0.05, 0.1) is 30.6 Å². The van der Waals surface area contributed by atoms with E-state index < -0.39 is 0 Å². The molecule has 0 atom stereocenters. The molecule has 2 heterocycles. The number of nitrogens with one attached hydrogen (secondary N) is 2. The average Bonchev–Trinajstić information content (AvgIpc) is 2.92. The minimum Gasteiger partial charge on any atom is -0.370 e. The van der Waals surface area contributed by atoms with E-state index in [4.69, 9.17) is 4.74 Å². The molecule has 2 N–H and O–H groups in total. The van der Waals surface area contributed by atoms with Crippen LogP contribution in [0.15, 0.2) is 12.1 Å². The lowest BCUT2D eigenvalue weighted by molar-refractivity contribution is -0.899. The van der Waals surface area contributed by atoms with Crippen LogP contribution in [0.5, 0.6) is 0 Å². The van der Waals surface area contributed by atoms with Gasteiger partial charge in [-0.15, -0.1) is 0 Å². The van der Waals surface area contributed by atoms with E-state index in [9.17, 15) is 4.79 Å². The summed E-state index contributed by atoms with van der Waals surface area (Å²) in [7, 11) is 0. The maximum Gasteiger partial charge on any atom is 0.279 e. The molecule has 7 heteroatoms. The fourth-order valence-electron chi connectivity index (χ4n) is 2.36. The summed E-state index contributed by atoms with van der Waals surface area (Å²) in [6.07, 6.45) is 0. The number of aryl methyl sites for hydroxylation is 1. The summed E-state index contributed by atoms with van der Waals surface area (Å²) in [5.74, 6) is 0.0190. The van der Waals surface area contributed by atoms with E-state index in [2.05, 4.69) is 14.1 Å². The van der Waals surface area contributed by atoms with Crippen molar-refractivity contribution in [2.75, 3.05) is 38.2 Å². The van der Waals surface area contributed by atoms with E-state index in [1.54, 1.807) is 0 Å². The van der Waals surface area contributed by atoms with Gasteiger partial charge < -0.3 is 15.0 Å². The third-order valence-electron chi connectivity index (χ3n) is 3.51. The van der Waals surface area contributed by atoms with Crippen LogP contribution >= 0.6 is 11.7 Å². The molecule has 20 heavy (non-hydrogen) atoms. The van der Waals surface area contributed by atoms with Gasteiger partial charge in [-0.3, -0.25) is 4.79 Å². The maximum atomic E-state index is 12.2. The highest BCUT2D eigenvalue weighted by atomic mass is 32.1. The van der Waals surface area contributed by atoms with Crippen LogP contribution in [0.1, 0.15) is 5.56 Å². The molecule has 0 radical (unpaired) electrons. The highest BCUT2D eigenvalue weighted by Crippen LogP contribution is 2.25. The minimum atomic E-state index is 0.0190. The number of morpholine rings is 1. The van der Waals surface area contributed by atoms with E-state index in [0.29, 0.717) is 6.54 Å². The van der Waals surface area contributed by atoms with Gasteiger partial charge in [0.1, 0.15) is 24.1 Å². The van der Waals surface area contributed by atoms with Crippen LogP contribution in [0.2, 0.25) is 0 Å². The van der Waals surface area contributed by atoms with Crippen LogP contribution in [-0.4, -0.2) is 47.5 Å². The third-order valence-corrected chi connectivity index (χ3v) is 4.05. The van der Waals surface area contributed by atoms with E-state index in [1.165, 1.54) is 16.6 Å². The highest BCUT2D eigenvalue weighted by Gasteiger charge is 2.19. The number of rotatable bonds is 3. The number of anilines is 1. The Morgan fingerprint density at radius 2 is 2.20 bits per heavy atom. The first kappa shape index (κ1) is 13.4. The summed E-state index contributed by atoms with van der Waals surface area (Å²) >= 11 is 1.17. The second-order valence-electron chi connectivity index (χ2n) is 4.98. The maximum absolute atomic E-state index is 12.2. The normalized spacial score (nSPS) is 16.4. The van der Waals surface area contributed by atoms with Gasteiger partial charge in [0.15, 0.2) is 6.54 Å². The Kier molecular flexibility index (Phi) is 3.90. The Balaban J connectivity index is 1.73. The van der Waals surface area contributed by atoms with E-state index in [0.717, 1.165) is 48.6 Å². The van der Waals surface area contributed by atoms with E-state index in [1.807, 2.05) is 19.1 Å². The van der Waals surface area contributed by atoms with Crippen molar-refractivity contribution in [2.45, 2.75) is 6.92 Å². The summed E-state index contributed by atoms with van der Waals surface area (Å²) in [6, 6.07) is 3.89. The molecule has 6 nitrogen and oxygen atoms in total. The number of fused-ring (bicyclic) bond motifs is 1. The number of carbonyl (C=O) groups excluding carboxylic acids is 1. The fraction of sp³-hybridized carbons (Fsp3) is 0.462. The molecule has 1 fully saturated rings. The Labute approximate surface area is 121 Å². The number of benzene rings is 1. The molecular formula is C13H17N4O2S+. The highest BCUT2D eigenvalue weighted by molar-refractivity contribution is 7.00. The Hall–Kier alpha value is -1.57. The summed E-state index contributed by atoms with van der Waals surface area (Å²) in [5, 5.41) is 2.99. The number of aromatic nitrogens is 2. The van der Waals surface area contributed by atoms with Crippen LogP contribution in [-0.2, 0) is 9.53 Å². The molecule has 0 spiro atoms. The van der Waals surface area contributed by atoms with Gasteiger partial charge >= 0.3 is 0 Å². The van der Waals surface area contributed by atoms with Crippen molar-refractivity contribution in [3.63, 3.8) is 0 Å². The van der Waals surface area contributed by atoms with Crippen molar-refractivity contribution in [1.29, 1.82) is 0 Å². The van der Waals surface area contributed by atoms with Gasteiger partial charge in [-0.1, -0.05) is 6.07 Å². The Morgan fingerprint density at radius 1 is 1.40 bits per heavy atom. The van der Waals surface area contributed by atoms with Gasteiger partial charge in [0.25, 0.3) is 5.91 Å². The van der Waals surface area contributed by atoms with Crippen LogP contribution < -0.4 is 10.2 Å². The zero-order valence-corrected chi connectivity index (χ0v) is 12.1. The van der Waals surface area contributed by atoms with Crippen molar-refractivity contribution < 1.29 is 14.4 Å². The molecule has 2 aromatic rings. The second-order valence-corrected chi connectivity index (χ2v) is 5.51. The number of ether oxygens (including phenoxy) is 1. The Bertz CT molecular complexity index is 622. The lowest BCUT2D eigenvalue weighted by Gasteiger charge is -2.23. The molecule has 0 unspecified atom stereocenters. The lowest BCUT2D eigenvalue weighted by atomic mass is 10.1. The zero-order chi connectivity index (χ0) is 13.9. The van der Waals surface area contributed by atoms with Crippen LogP contribution in [0, 0.1) is 6.92 Å². The predicted octanol–water partition coefficient (Wildman–Crippen LogP) is -0.147. The molecular weight excluding hydrogens is 276 g/mol. The van der Waals surface area contributed by atoms with Gasteiger partial charge in [-0.05, 0) is 18.6 Å². The molecule has 1 aliphatic heterocycles.